The zero-order chi connectivity index (χ0) is 22.3. The summed E-state index contributed by atoms with van der Waals surface area (Å²) in [6, 6.07) is 0. The molecule has 0 aromatic carbocycles. The van der Waals surface area contributed by atoms with Crippen LogP contribution in [0.4, 0.5) is 0 Å². The van der Waals surface area contributed by atoms with Crippen molar-refractivity contribution in [2.75, 3.05) is 26.4 Å². The van der Waals surface area contributed by atoms with E-state index in [1.165, 1.54) is 44.9 Å². The van der Waals surface area contributed by atoms with E-state index in [4.69, 9.17) is 18.9 Å². The maximum atomic E-state index is 6.40. The first-order valence-electron chi connectivity index (χ1n) is 13.2. The SMILES string of the molecule is CCCCCCCCC(OCCC)C(OCCC)(OCCCCC)OCCCCC. The minimum Gasteiger partial charge on any atom is -0.370 e. The fourth-order valence-corrected chi connectivity index (χ4v) is 3.51. The van der Waals surface area contributed by atoms with Gasteiger partial charge in [0, 0.05) is 6.61 Å². The van der Waals surface area contributed by atoms with Crippen molar-refractivity contribution < 1.29 is 18.9 Å². The van der Waals surface area contributed by atoms with Crippen LogP contribution < -0.4 is 0 Å². The van der Waals surface area contributed by atoms with Crippen molar-refractivity contribution in [3.63, 3.8) is 0 Å². The van der Waals surface area contributed by atoms with E-state index in [9.17, 15) is 0 Å². The zero-order valence-electron chi connectivity index (χ0n) is 21.1. The van der Waals surface area contributed by atoms with Gasteiger partial charge in [-0.25, -0.2) is 0 Å². The van der Waals surface area contributed by atoms with Gasteiger partial charge in [-0.15, -0.1) is 0 Å². The molecule has 0 saturated heterocycles. The van der Waals surface area contributed by atoms with Crippen molar-refractivity contribution in [2.45, 2.75) is 143 Å². The molecule has 0 spiro atoms. The quantitative estimate of drug-likeness (QED) is 0.115. The highest BCUT2D eigenvalue weighted by Crippen LogP contribution is 2.29. The number of unbranched alkanes of at least 4 members (excludes halogenated alkanes) is 9. The smallest absolute Gasteiger partial charge is 0.310 e. The number of hydrogen-bond donors (Lipinski definition) is 0. The molecular formula is C26H54O4. The summed E-state index contributed by atoms with van der Waals surface area (Å²) in [4.78, 5) is 0. The summed E-state index contributed by atoms with van der Waals surface area (Å²) < 4.78 is 25.4. The van der Waals surface area contributed by atoms with Gasteiger partial charge in [0.1, 0.15) is 6.10 Å². The van der Waals surface area contributed by atoms with Crippen molar-refractivity contribution in [1.29, 1.82) is 0 Å². The molecular weight excluding hydrogens is 376 g/mol. The lowest BCUT2D eigenvalue weighted by Gasteiger charge is -2.39. The Morgan fingerprint density at radius 3 is 1.47 bits per heavy atom. The van der Waals surface area contributed by atoms with Crippen LogP contribution in [0.5, 0.6) is 0 Å². The lowest BCUT2D eigenvalue weighted by atomic mass is 10.1. The zero-order valence-corrected chi connectivity index (χ0v) is 21.1. The third kappa shape index (κ3) is 14.8. The second-order valence-electron chi connectivity index (χ2n) is 8.48. The average Bonchev–Trinajstić information content (AvgIpc) is 2.76. The Morgan fingerprint density at radius 1 is 0.467 bits per heavy atom. The van der Waals surface area contributed by atoms with Gasteiger partial charge in [-0.3, -0.25) is 0 Å². The van der Waals surface area contributed by atoms with Crippen LogP contribution >= 0.6 is 0 Å². The van der Waals surface area contributed by atoms with Crippen LogP contribution in [-0.2, 0) is 18.9 Å². The molecule has 0 bridgehead atoms. The molecule has 1 unspecified atom stereocenters. The first kappa shape index (κ1) is 29.8. The second-order valence-corrected chi connectivity index (χ2v) is 8.48. The standard InChI is InChI=1S/C26H54O4/c1-6-11-14-15-16-17-20-25(27-21-9-4)26(28-22-10-5,29-23-18-12-7-2)30-24-19-13-8-3/h25H,6-24H2,1-5H3. The van der Waals surface area contributed by atoms with Gasteiger partial charge >= 0.3 is 5.97 Å². The summed E-state index contributed by atoms with van der Waals surface area (Å²) >= 11 is 0. The average molecular weight is 431 g/mol. The van der Waals surface area contributed by atoms with E-state index in [0.29, 0.717) is 26.4 Å². The summed E-state index contributed by atoms with van der Waals surface area (Å²) in [5, 5.41) is 0. The molecule has 4 heteroatoms. The predicted octanol–water partition coefficient (Wildman–Crippen LogP) is 8.03. The monoisotopic (exact) mass is 430 g/mol. The Hall–Kier alpha value is -0.160. The van der Waals surface area contributed by atoms with E-state index in [2.05, 4.69) is 34.6 Å². The van der Waals surface area contributed by atoms with Crippen LogP contribution in [-0.4, -0.2) is 38.5 Å². The molecule has 0 aliphatic rings. The predicted molar refractivity (Wildman–Crippen MR) is 128 cm³/mol. The molecule has 30 heavy (non-hydrogen) atoms. The lowest BCUT2D eigenvalue weighted by Crippen LogP contribution is -2.52. The molecule has 0 aromatic rings. The van der Waals surface area contributed by atoms with Gasteiger partial charge < -0.3 is 18.9 Å². The van der Waals surface area contributed by atoms with Crippen LogP contribution in [0.3, 0.4) is 0 Å². The van der Waals surface area contributed by atoms with Gasteiger partial charge in [0.2, 0.25) is 0 Å². The molecule has 0 rings (SSSR count). The van der Waals surface area contributed by atoms with Crippen molar-refractivity contribution in [2.24, 2.45) is 0 Å². The highest BCUT2D eigenvalue weighted by Gasteiger charge is 2.43. The molecule has 0 aliphatic heterocycles. The van der Waals surface area contributed by atoms with Gasteiger partial charge in [-0.1, -0.05) is 98.8 Å². The Bertz CT molecular complexity index is 323. The van der Waals surface area contributed by atoms with Crippen LogP contribution in [0.25, 0.3) is 0 Å². The fourth-order valence-electron chi connectivity index (χ4n) is 3.51. The Labute approximate surface area is 188 Å². The summed E-state index contributed by atoms with van der Waals surface area (Å²) in [5.74, 6) is -1.06. The number of hydrogen-bond acceptors (Lipinski definition) is 4. The first-order chi connectivity index (χ1) is 14.7. The maximum Gasteiger partial charge on any atom is 0.310 e. The van der Waals surface area contributed by atoms with E-state index in [-0.39, 0.29) is 6.10 Å². The lowest BCUT2D eigenvalue weighted by molar-refractivity contribution is -0.418. The molecule has 0 aromatic heterocycles. The topological polar surface area (TPSA) is 36.9 Å². The molecule has 182 valence electrons. The molecule has 0 fully saturated rings. The van der Waals surface area contributed by atoms with E-state index < -0.39 is 5.97 Å². The van der Waals surface area contributed by atoms with Crippen LogP contribution in [0.15, 0.2) is 0 Å². The third-order valence-corrected chi connectivity index (χ3v) is 5.35. The largest absolute Gasteiger partial charge is 0.370 e. The normalized spacial score (nSPS) is 13.1. The number of ether oxygens (including phenoxy) is 4. The van der Waals surface area contributed by atoms with E-state index >= 15 is 0 Å². The molecule has 0 N–H and O–H groups in total. The van der Waals surface area contributed by atoms with Crippen LogP contribution in [0.1, 0.15) is 131 Å². The highest BCUT2D eigenvalue weighted by molar-refractivity contribution is 4.74. The molecule has 1 atom stereocenters. The molecule has 0 saturated carbocycles. The summed E-state index contributed by atoms with van der Waals surface area (Å²) in [7, 11) is 0. The van der Waals surface area contributed by atoms with E-state index in [1.54, 1.807) is 0 Å². The van der Waals surface area contributed by atoms with Gasteiger partial charge in [0.05, 0.1) is 19.8 Å². The Balaban J connectivity index is 5.18. The third-order valence-electron chi connectivity index (χ3n) is 5.35. The minimum absolute atomic E-state index is 0.168. The van der Waals surface area contributed by atoms with E-state index in [0.717, 1.165) is 51.4 Å². The van der Waals surface area contributed by atoms with Gasteiger partial charge in [0.15, 0.2) is 0 Å². The van der Waals surface area contributed by atoms with Crippen LogP contribution in [0.2, 0.25) is 0 Å². The van der Waals surface area contributed by atoms with Crippen molar-refractivity contribution in [3.05, 3.63) is 0 Å². The van der Waals surface area contributed by atoms with Crippen molar-refractivity contribution in [1.82, 2.24) is 0 Å². The fraction of sp³-hybridized carbons (Fsp3) is 1.00. The second kappa shape index (κ2) is 22.0. The molecule has 0 aliphatic carbocycles. The molecule has 0 heterocycles. The summed E-state index contributed by atoms with van der Waals surface area (Å²) in [6.45, 7) is 13.6. The van der Waals surface area contributed by atoms with E-state index in [1.807, 2.05) is 0 Å². The van der Waals surface area contributed by atoms with Gasteiger partial charge in [-0.2, -0.15) is 0 Å². The maximum absolute atomic E-state index is 6.40. The Kier molecular flexibility index (Phi) is 21.9. The van der Waals surface area contributed by atoms with Gasteiger partial charge in [0.25, 0.3) is 0 Å². The van der Waals surface area contributed by atoms with Crippen molar-refractivity contribution in [3.8, 4) is 0 Å². The van der Waals surface area contributed by atoms with Crippen LogP contribution in [0, 0.1) is 0 Å². The minimum atomic E-state index is -1.06. The van der Waals surface area contributed by atoms with Crippen molar-refractivity contribution >= 4 is 0 Å². The molecule has 4 nitrogen and oxygen atoms in total. The van der Waals surface area contributed by atoms with Gasteiger partial charge in [-0.05, 0) is 32.1 Å². The number of rotatable bonds is 24. The first-order valence-corrected chi connectivity index (χ1v) is 13.2. The highest BCUT2D eigenvalue weighted by atomic mass is 16.9. The summed E-state index contributed by atoms with van der Waals surface area (Å²) in [5.41, 5.74) is 0. The Morgan fingerprint density at radius 2 is 0.933 bits per heavy atom. The molecule has 0 radical (unpaired) electrons. The molecule has 0 amide bonds. The summed E-state index contributed by atoms with van der Waals surface area (Å²) in [6.07, 6.45) is 17.0.